The Morgan fingerprint density at radius 1 is 1.36 bits per heavy atom. The molecule has 0 fully saturated rings. The van der Waals surface area contributed by atoms with Crippen molar-refractivity contribution >= 4 is 28.5 Å². The molecule has 0 radical (unpaired) electrons. The molecule has 0 saturated heterocycles. The van der Waals surface area contributed by atoms with Crippen LogP contribution in [0.1, 0.15) is 0 Å². The van der Waals surface area contributed by atoms with E-state index in [2.05, 4.69) is 9.97 Å². The second-order valence-electron chi connectivity index (χ2n) is 3.37. The van der Waals surface area contributed by atoms with E-state index in [0.717, 1.165) is 16.9 Å². The molecule has 0 saturated carbocycles. The summed E-state index contributed by atoms with van der Waals surface area (Å²) in [5.74, 6) is 0.848. The third-order valence-electron chi connectivity index (χ3n) is 2.10. The Morgan fingerprint density at radius 2 is 2.07 bits per heavy atom. The standard InChI is InChI=1S/C9H11ClN4/c1-13(2)7-6-4-5-14(3)8(6)12-9(10)11-7/h4-5H,1-3H3. The van der Waals surface area contributed by atoms with Crippen LogP contribution in [0.25, 0.3) is 11.0 Å². The lowest BCUT2D eigenvalue weighted by molar-refractivity contribution is 0.941. The molecule has 0 amide bonds. The van der Waals surface area contributed by atoms with Crippen LogP contribution in [-0.4, -0.2) is 28.6 Å². The molecule has 14 heavy (non-hydrogen) atoms. The highest BCUT2D eigenvalue weighted by molar-refractivity contribution is 6.28. The van der Waals surface area contributed by atoms with E-state index in [1.165, 1.54) is 0 Å². The first kappa shape index (κ1) is 9.27. The fraction of sp³-hybridized carbons (Fsp3) is 0.333. The van der Waals surface area contributed by atoms with Crippen LogP contribution < -0.4 is 4.90 Å². The third-order valence-corrected chi connectivity index (χ3v) is 2.27. The summed E-state index contributed by atoms with van der Waals surface area (Å²) in [4.78, 5) is 10.3. The SMILES string of the molecule is CN(C)c1nc(Cl)nc2c1ccn2C. The van der Waals surface area contributed by atoms with Gasteiger partial charge in [-0.15, -0.1) is 0 Å². The van der Waals surface area contributed by atoms with E-state index < -0.39 is 0 Å². The maximum atomic E-state index is 5.83. The third kappa shape index (κ3) is 1.32. The summed E-state index contributed by atoms with van der Waals surface area (Å²) in [7, 11) is 5.81. The highest BCUT2D eigenvalue weighted by Crippen LogP contribution is 2.24. The first-order valence-corrected chi connectivity index (χ1v) is 4.63. The van der Waals surface area contributed by atoms with Gasteiger partial charge in [-0.05, 0) is 17.7 Å². The van der Waals surface area contributed by atoms with Gasteiger partial charge in [0, 0.05) is 27.3 Å². The number of fused-ring (bicyclic) bond motifs is 1. The summed E-state index contributed by atoms with van der Waals surface area (Å²) >= 11 is 5.83. The zero-order valence-corrected chi connectivity index (χ0v) is 9.08. The summed E-state index contributed by atoms with van der Waals surface area (Å²) in [5.41, 5.74) is 0.855. The number of hydrogen-bond acceptors (Lipinski definition) is 3. The lowest BCUT2D eigenvalue weighted by Crippen LogP contribution is -2.11. The van der Waals surface area contributed by atoms with Crippen molar-refractivity contribution in [2.45, 2.75) is 0 Å². The predicted octanol–water partition coefficient (Wildman–Crippen LogP) is 1.69. The van der Waals surface area contributed by atoms with Gasteiger partial charge in [-0.3, -0.25) is 0 Å². The van der Waals surface area contributed by atoms with Crippen molar-refractivity contribution < 1.29 is 0 Å². The molecule has 0 atom stereocenters. The van der Waals surface area contributed by atoms with Crippen LogP contribution in [0, 0.1) is 0 Å². The van der Waals surface area contributed by atoms with Gasteiger partial charge in [0.15, 0.2) is 0 Å². The lowest BCUT2D eigenvalue weighted by Gasteiger charge is -2.12. The average molecular weight is 211 g/mol. The lowest BCUT2D eigenvalue weighted by atomic mass is 10.3. The Hall–Kier alpha value is -1.29. The topological polar surface area (TPSA) is 34.0 Å². The highest BCUT2D eigenvalue weighted by atomic mass is 35.5. The monoisotopic (exact) mass is 210 g/mol. The molecule has 0 aromatic carbocycles. The van der Waals surface area contributed by atoms with E-state index in [0.29, 0.717) is 0 Å². The Balaban J connectivity index is 2.82. The molecule has 2 aromatic heterocycles. The fourth-order valence-electron chi connectivity index (χ4n) is 1.44. The smallest absolute Gasteiger partial charge is 0.226 e. The van der Waals surface area contributed by atoms with Crippen LogP contribution in [0.15, 0.2) is 12.3 Å². The van der Waals surface area contributed by atoms with Gasteiger partial charge in [0.1, 0.15) is 11.5 Å². The molecule has 0 bridgehead atoms. The van der Waals surface area contributed by atoms with Gasteiger partial charge >= 0.3 is 0 Å². The summed E-state index contributed by atoms with van der Waals surface area (Å²) in [6.45, 7) is 0. The molecule has 0 aliphatic carbocycles. The highest BCUT2D eigenvalue weighted by Gasteiger charge is 2.10. The van der Waals surface area contributed by atoms with Crippen molar-refractivity contribution in [3.05, 3.63) is 17.5 Å². The van der Waals surface area contributed by atoms with Gasteiger partial charge in [-0.2, -0.15) is 9.97 Å². The number of hydrogen-bond donors (Lipinski definition) is 0. The van der Waals surface area contributed by atoms with Gasteiger partial charge in [-0.1, -0.05) is 0 Å². The normalized spacial score (nSPS) is 10.9. The molecule has 0 spiro atoms. The first-order chi connectivity index (χ1) is 6.59. The maximum Gasteiger partial charge on any atom is 0.226 e. The van der Waals surface area contributed by atoms with Crippen LogP contribution in [0.3, 0.4) is 0 Å². The van der Waals surface area contributed by atoms with Crippen molar-refractivity contribution in [1.82, 2.24) is 14.5 Å². The molecular formula is C9H11ClN4. The largest absolute Gasteiger partial charge is 0.362 e. The molecular weight excluding hydrogens is 200 g/mol. The molecule has 0 unspecified atom stereocenters. The molecule has 74 valence electrons. The number of halogens is 1. The van der Waals surface area contributed by atoms with Crippen LogP contribution in [0.5, 0.6) is 0 Å². The first-order valence-electron chi connectivity index (χ1n) is 4.25. The van der Waals surface area contributed by atoms with Crippen LogP contribution >= 0.6 is 11.6 Å². The van der Waals surface area contributed by atoms with E-state index in [-0.39, 0.29) is 5.28 Å². The summed E-state index contributed by atoms with van der Waals surface area (Å²) < 4.78 is 1.93. The molecule has 5 heteroatoms. The zero-order valence-electron chi connectivity index (χ0n) is 8.32. The summed E-state index contributed by atoms with van der Waals surface area (Å²) in [6, 6.07) is 1.99. The number of rotatable bonds is 1. The molecule has 4 nitrogen and oxygen atoms in total. The number of nitrogens with zero attached hydrogens (tertiary/aromatic N) is 4. The number of anilines is 1. The average Bonchev–Trinajstić information content (AvgIpc) is 2.47. The molecule has 2 heterocycles. The van der Waals surface area contributed by atoms with Gasteiger partial charge in [0.2, 0.25) is 5.28 Å². The van der Waals surface area contributed by atoms with Crippen molar-refractivity contribution in [2.75, 3.05) is 19.0 Å². The van der Waals surface area contributed by atoms with Crippen LogP contribution in [-0.2, 0) is 7.05 Å². The van der Waals surface area contributed by atoms with Crippen molar-refractivity contribution in [3.8, 4) is 0 Å². The van der Waals surface area contributed by atoms with E-state index in [1.807, 2.05) is 42.9 Å². The quantitative estimate of drug-likeness (QED) is 0.672. The predicted molar refractivity (Wildman–Crippen MR) is 57.8 cm³/mol. The minimum Gasteiger partial charge on any atom is -0.362 e. The minimum atomic E-state index is 0.281. The van der Waals surface area contributed by atoms with Crippen molar-refractivity contribution in [1.29, 1.82) is 0 Å². The molecule has 2 aromatic rings. The second kappa shape index (κ2) is 3.13. The Bertz CT molecular complexity index is 475. The van der Waals surface area contributed by atoms with Crippen LogP contribution in [0.2, 0.25) is 5.28 Å². The number of aromatic nitrogens is 3. The Kier molecular flexibility index (Phi) is 2.07. The van der Waals surface area contributed by atoms with Gasteiger partial charge in [0.25, 0.3) is 0 Å². The zero-order chi connectivity index (χ0) is 10.3. The van der Waals surface area contributed by atoms with Crippen molar-refractivity contribution in [3.63, 3.8) is 0 Å². The molecule has 0 aliphatic rings. The van der Waals surface area contributed by atoms with E-state index >= 15 is 0 Å². The second-order valence-corrected chi connectivity index (χ2v) is 3.71. The summed E-state index contributed by atoms with van der Waals surface area (Å²) in [5, 5.41) is 1.30. The van der Waals surface area contributed by atoms with E-state index in [4.69, 9.17) is 11.6 Å². The molecule has 0 aliphatic heterocycles. The van der Waals surface area contributed by atoms with Crippen LogP contribution in [0.4, 0.5) is 5.82 Å². The van der Waals surface area contributed by atoms with E-state index in [1.54, 1.807) is 0 Å². The number of aryl methyl sites for hydroxylation is 1. The Morgan fingerprint density at radius 3 is 2.71 bits per heavy atom. The van der Waals surface area contributed by atoms with Gasteiger partial charge < -0.3 is 9.47 Å². The Labute approximate surface area is 87.1 Å². The molecule has 0 N–H and O–H groups in total. The fourth-order valence-corrected chi connectivity index (χ4v) is 1.60. The molecule has 2 rings (SSSR count). The van der Waals surface area contributed by atoms with E-state index in [9.17, 15) is 0 Å². The van der Waals surface area contributed by atoms with Gasteiger partial charge in [-0.25, -0.2) is 0 Å². The summed E-state index contributed by atoms with van der Waals surface area (Å²) in [6.07, 6.45) is 1.95. The maximum absolute atomic E-state index is 5.83. The van der Waals surface area contributed by atoms with Gasteiger partial charge in [0.05, 0.1) is 5.39 Å². The van der Waals surface area contributed by atoms with Crippen molar-refractivity contribution in [2.24, 2.45) is 7.05 Å². The minimum absolute atomic E-state index is 0.281.